The quantitative estimate of drug-likeness (QED) is 0.481. The fraction of sp³-hybridized carbons (Fsp3) is 0.444. The van der Waals surface area contributed by atoms with Gasteiger partial charge in [-0.3, -0.25) is 4.99 Å². The summed E-state index contributed by atoms with van der Waals surface area (Å²) in [6, 6.07) is 0. The van der Waals surface area contributed by atoms with Crippen LogP contribution in [0.5, 0.6) is 0 Å². The molecule has 1 nitrogen and oxygen atoms in total. The van der Waals surface area contributed by atoms with Gasteiger partial charge in [-0.25, -0.2) is 0 Å². The monoisotopic (exact) mass is 133 g/mol. The van der Waals surface area contributed by atoms with E-state index in [1.807, 2.05) is 6.20 Å². The normalized spacial score (nSPS) is 29.5. The first-order chi connectivity index (χ1) is 4.86. The van der Waals surface area contributed by atoms with Gasteiger partial charge in [0.1, 0.15) is 0 Å². The Morgan fingerprint density at radius 2 is 2.50 bits per heavy atom. The summed E-state index contributed by atoms with van der Waals surface area (Å²) in [5, 5.41) is 0. The van der Waals surface area contributed by atoms with Crippen molar-refractivity contribution in [3.05, 3.63) is 23.9 Å². The molecule has 52 valence electrons. The molecule has 1 heterocycles. The van der Waals surface area contributed by atoms with Crippen molar-refractivity contribution in [3.63, 3.8) is 0 Å². The van der Waals surface area contributed by atoms with E-state index in [4.69, 9.17) is 0 Å². The fourth-order valence-corrected chi connectivity index (χ4v) is 1.48. The van der Waals surface area contributed by atoms with E-state index in [-0.39, 0.29) is 0 Å². The average molecular weight is 133 g/mol. The first-order valence-corrected chi connectivity index (χ1v) is 3.80. The Balaban J connectivity index is 2.30. The van der Waals surface area contributed by atoms with Gasteiger partial charge in [0.05, 0.1) is 0 Å². The Hall–Kier alpha value is -0.850. The van der Waals surface area contributed by atoms with Crippen LogP contribution in [-0.4, -0.2) is 5.71 Å². The van der Waals surface area contributed by atoms with Crippen LogP contribution in [0.3, 0.4) is 0 Å². The summed E-state index contributed by atoms with van der Waals surface area (Å²) < 4.78 is 0. The lowest BCUT2D eigenvalue weighted by Gasteiger charge is -2.15. The second kappa shape index (κ2) is 2.08. The minimum absolute atomic E-state index is 0.794. The number of hydrogen-bond acceptors (Lipinski definition) is 1. The van der Waals surface area contributed by atoms with Crippen LogP contribution in [0.2, 0.25) is 0 Å². The highest BCUT2D eigenvalue weighted by molar-refractivity contribution is 6.05. The minimum atomic E-state index is 0.794. The third-order valence-electron chi connectivity index (χ3n) is 2.10. The minimum Gasteiger partial charge on any atom is -0.261 e. The van der Waals surface area contributed by atoms with Gasteiger partial charge < -0.3 is 0 Å². The highest BCUT2D eigenvalue weighted by Gasteiger charge is 2.16. The van der Waals surface area contributed by atoms with E-state index in [2.05, 4.69) is 24.1 Å². The molecule has 0 aromatic heterocycles. The van der Waals surface area contributed by atoms with Crippen molar-refractivity contribution in [3.8, 4) is 0 Å². The van der Waals surface area contributed by atoms with Crippen molar-refractivity contribution in [2.75, 3.05) is 0 Å². The van der Waals surface area contributed by atoms with Crippen LogP contribution < -0.4 is 0 Å². The van der Waals surface area contributed by atoms with E-state index in [0.717, 1.165) is 5.92 Å². The van der Waals surface area contributed by atoms with E-state index in [0.29, 0.717) is 0 Å². The molecular formula is C9H11N. The maximum Gasteiger partial charge on any atom is 0.0475 e. The summed E-state index contributed by atoms with van der Waals surface area (Å²) in [4.78, 5) is 4.28. The molecule has 1 unspecified atom stereocenters. The van der Waals surface area contributed by atoms with Crippen LogP contribution in [-0.2, 0) is 0 Å². The molecule has 0 saturated carbocycles. The molecule has 0 aromatic rings. The Bertz CT molecular complexity index is 233. The number of hydrogen-bond donors (Lipinski definition) is 0. The van der Waals surface area contributed by atoms with E-state index in [1.165, 1.54) is 24.1 Å². The van der Waals surface area contributed by atoms with E-state index < -0.39 is 0 Å². The Kier molecular flexibility index (Phi) is 1.23. The number of fused-ring (bicyclic) bond motifs is 1. The summed E-state index contributed by atoms with van der Waals surface area (Å²) in [5.74, 6) is 0.794. The zero-order chi connectivity index (χ0) is 6.97. The lowest BCUT2D eigenvalue weighted by atomic mass is 9.90. The maximum atomic E-state index is 4.28. The van der Waals surface area contributed by atoms with Crippen LogP contribution in [0.15, 0.2) is 28.9 Å². The molecule has 0 spiro atoms. The molecule has 0 radical (unpaired) electrons. The third kappa shape index (κ3) is 0.821. The highest BCUT2D eigenvalue weighted by atomic mass is 14.7. The van der Waals surface area contributed by atoms with Crippen LogP contribution in [0, 0.1) is 5.92 Å². The van der Waals surface area contributed by atoms with Gasteiger partial charge in [0, 0.05) is 11.9 Å². The van der Waals surface area contributed by atoms with Crippen molar-refractivity contribution in [2.24, 2.45) is 10.9 Å². The first kappa shape index (κ1) is 5.90. The fourth-order valence-electron chi connectivity index (χ4n) is 1.48. The van der Waals surface area contributed by atoms with Crippen molar-refractivity contribution in [1.29, 1.82) is 0 Å². The smallest absolute Gasteiger partial charge is 0.0475 e. The van der Waals surface area contributed by atoms with Gasteiger partial charge in [-0.1, -0.05) is 13.0 Å². The third-order valence-corrected chi connectivity index (χ3v) is 2.10. The SMILES string of the molecule is CC1CC=C2C=CN=C2C1. The molecule has 1 aliphatic heterocycles. The van der Waals surface area contributed by atoms with Crippen molar-refractivity contribution in [2.45, 2.75) is 19.8 Å². The molecule has 2 rings (SSSR count). The Labute approximate surface area is 61.2 Å². The first-order valence-electron chi connectivity index (χ1n) is 3.80. The van der Waals surface area contributed by atoms with Gasteiger partial charge in [-0.05, 0) is 30.4 Å². The highest BCUT2D eigenvalue weighted by Crippen LogP contribution is 2.24. The predicted molar refractivity (Wildman–Crippen MR) is 43.1 cm³/mol. The predicted octanol–water partition coefficient (Wildman–Crippen LogP) is 2.31. The molecule has 0 amide bonds. The van der Waals surface area contributed by atoms with Gasteiger partial charge in [0.15, 0.2) is 0 Å². The number of allylic oxidation sites excluding steroid dienone is 3. The van der Waals surface area contributed by atoms with Crippen molar-refractivity contribution in [1.82, 2.24) is 0 Å². The summed E-state index contributed by atoms with van der Waals surface area (Å²) in [6.45, 7) is 2.27. The van der Waals surface area contributed by atoms with Gasteiger partial charge in [0.25, 0.3) is 0 Å². The Morgan fingerprint density at radius 3 is 3.40 bits per heavy atom. The molecule has 0 saturated heterocycles. The molecule has 0 fully saturated rings. The Morgan fingerprint density at radius 1 is 1.60 bits per heavy atom. The van der Waals surface area contributed by atoms with Crippen LogP contribution in [0.25, 0.3) is 0 Å². The lowest BCUT2D eigenvalue weighted by molar-refractivity contribution is 0.610. The maximum absolute atomic E-state index is 4.28. The van der Waals surface area contributed by atoms with E-state index in [1.54, 1.807) is 0 Å². The summed E-state index contributed by atoms with van der Waals surface area (Å²) in [6.07, 6.45) is 8.68. The van der Waals surface area contributed by atoms with Crippen molar-refractivity contribution >= 4 is 5.71 Å². The van der Waals surface area contributed by atoms with Gasteiger partial charge in [-0.15, -0.1) is 0 Å². The summed E-state index contributed by atoms with van der Waals surface area (Å²) in [5.41, 5.74) is 2.65. The molecule has 0 N–H and O–H groups in total. The zero-order valence-electron chi connectivity index (χ0n) is 6.17. The number of rotatable bonds is 0. The van der Waals surface area contributed by atoms with E-state index >= 15 is 0 Å². The molecule has 1 atom stereocenters. The largest absolute Gasteiger partial charge is 0.261 e. The molecule has 0 bridgehead atoms. The molecule has 1 heteroatoms. The number of nitrogens with zero attached hydrogens (tertiary/aromatic N) is 1. The topological polar surface area (TPSA) is 12.4 Å². The van der Waals surface area contributed by atoms with Crippen LogP contribution in [0.1, 0.15) is 19.8 Å². The second-order valence-electron chi connectivity index (χ2n) is 3.10. The number of aliphatic imine (C=N–C) groups is 1. The van der Waals surface area contributed by atoms with Gasteiger partial charge in [0.2, 0.25) is 0 Å². The molecular weight excluding hydrogens is 122 g/mol. The molecule has 2 aliphatic rings. The second-order valence-corrected chi connectivity index (χ2v) is 3.10. The summed E-state index contributed by atoms with van der Waals surface area (Å²) >= 11 is 0. The van der Waals surface area contributed by atoms with Crippen LogP contribution in [0.4, 0.5) is 0 Å². The zero-order valence-corrected chi connectivity index (χ0v) is 6.17. The molecule has 10 heavy (non-hydrogen) atoms. The van der Waals surface area contributed by atoms with Crippen LogP contribution >= 0.6 is 0 Å². The standard InChI is InChI=1S/C9H11N/c1-7-2-3-8-4-5-10-9(8)6-7/h3-5,7H,2,6H2,1H3. The lowest BCUT2D eigenvalue weighted by Crippen LogP contribution is -2.10. The summed E-state index contributed by atoms with van der Waals surface area (Å²) in [7, 11) is 0. The molecule has 1 aliphatic carbocycles. The van der Waals surface area contributed by atoms with E-state index in [9.17, 15) is 0 Å². The van der Waals surface area contributed by atoms with Crippen molar-refractivity contribution < 1.29 is 0 Å². The molecule has 0 aromatic carbocycles. The van der Waals surface area contributed by atoms with Gasteiger partial charge >= 0.3 is 0 Å². The van der Waals surface area contributed by atoms with Gasteiger partial charge in [-0.2, -0.15) is 0 Å². The average Bonchev–Trinajstić information content (AvgIpc) is 2.33.